The lowest BCUT2D eigenvalue weighted by Crippen LogP contribution is -2.45. The maximum atomic E-state index is 14.4. The summed E-state index contributed by atoms with van der Waals surface area (Å²) in [7, 11) is 1.31. The summed E-state index contributed by atoms with van der Waals surface area (Å²) < 4.78 is 37.5. The summed E-state index contributed by atoms with van der Waals surface area (Å²) in [5.41, 5.74) is 1.21. The van der Waals surface area contributed by atoms with Crippen LogP contribution >= 0.6 is 0 Å². The minimum Gasteiger partial charge on any atom is -0.493 e. The smallest absolute Gasteiger partial charge is 0.258 e. The zero-order valence-electron chi connectivity index (χ0n) is 23.6. The summed E-state index contributed by atoms with van der Waals surface area (Å²) in [5.74, 6) is -0.171. The highest BCUT2D eigenvalue weighted by molar-refractivity contribution is 5.98. The van der Waals surface area contributed by atoms with Crippen molar-refractivity contribution in [2.75, 3.05) is 33.4 Å². The van der Waals surface area contributed by atoms with E-state index >= 15 is 0 Å². The molecule has 3 amide bonds. The van der Waals surface area contributed by atoms with Crippen molar-refractivity contribution in [3.05, 3.63) is 83.2 Å². The molecule has 10 nitrogen and oxygen atoms in total. The Morgan fingerprint density at radius 1 is 1.05 bits per heavy atom. The molecule has 3 aromatic carbocycles. The van der Waals surface area contributed by atoms with Gasteiger partial charge in [0.05, 0.1) is 31.9 Å². The van der Waals surface area contributed by atoms with Crippen LogP contribution in [0.3, 0.4) is 0 Å². The lowest BCUT2D eigenvalue weighted by atomic mass is 10.1. The molecule has 1 saturated heterocycles. The SMILES string of the molecule is COc1c(F)cccc1C(=O)N1C[C@@H]2NC(=O)c3cc(cc(OCC4CC4)c3)OCC(=O)NCc3ccc(cc3)O[C@H]2C1. The Balaban J connectivity index is 1.30. The molecule has 0 unspecified atom stereocenters. The maximum absolute atomic E-state index is 14.4. The molecule has 224 valence electrons. The Bertz CT molecular complexity index is 1530. The molecular weight excluding hydrogens is 557 g/mol. The molecule has 0 aromatic heterocycles. The molecule has 3 heterocycles. The molecule has 3 aromatic rings. The Kier molecular flexibility index (Phi) is 8.04. The molecule has 2 atom stereocenters. The average molecular weight is 590 g/mol. The van der Waals surface area contributed by atoms with Crippen molar-refractivity contribution in [1.82, 2.24) is 15.5 Å². The molecular formula is C32H32FN3O7. The highest BCUT2D eigenvalue weighted by atomic mass is 19.1. The van der Waals surface area contributed by atoms with Crippen LogP contribution in [0.1, 0.15) is 39.1 Å². The monoisotopic (exact) mass is 589 g/mol. The van der Waals surface area contributed by atoms with Gasteiger partial charge in [-0.25, -0.2) is 4.39 Å². The number of benzene rings is 3. The third-order valence-corrected chi connectivity index (χ3v) is 7.67. The molecule has 43 heavy (non-hydrogen) atoms. The van der Waals surface area contributed by atoms with E-state index in [0.717, 1.165) is 18.4 Å². The highest BCUT2D eigenvalue weighted by Crippen LogP contribution is 2.31. The van der Waals surface area contributed by atoms with Gasteiger partial charge in [-0.3, -0.25) is 14.4 Å². The van der Waals surface area contributed by atoms with Gasteiger partial charge < -0.3 is 34.5 Å². The van der Waals surface area contributed by atoms with Gasteiger partial charge in [0, 0.05) is 24.7 Å². The number of nitrogens with zero attached hydrogens (tertiary/aromatic N) is 1. The van der Waals surface area contributed by atoms with Crippen LogP contribution in [0.15, 0.2) is 60.7 Å². The number of carbonyl (C=O) groups excluding carboxylic acids is 3. The van der Waals surface area contributed by atoms with E-state index < -0.39 is 29.8 Å². The number of methoxy groups -OCH3 is 1. The number of ether oxygens (including phenoxy) is 4. The minimum absolute atomic E-state index is 0.0800. The first-order valence-corrected chi connectivity index (χ1v) is 14.2. The van der Waals surface area contributed by atoms with E-state index in [2.05, 4.69) is 10.6 Å². The zero-order valence-corrected chi connectivity index (χ0v) is 23.6. The number of halogens is 1. The van der Waals surface area contributed by atoms with Crippen LogP contribution in [0.4, 0.5) is 4.39 Å². The van der Waals surface area contributed by atoms with Gasteiger partial charge >= 0.3 is 0 Å². The molecule has 3 aliphatic heterocycles. The predicted octanol–water partition coefficient (Wildman–Crippen LogP) is 3.33. The van der Waals surface area contributed by atoms with Gasteiger partial charge in [-0.2, -0.15) is 0 Å². The molecule has 7 rings (SSSR count). The topological polar surface area (TPSA) is 115 Å². The fraction of sp³-hybridized carbons (Fsp3) is 0.344. The number of likely N-dealkylation sites (tertiary alicyclic amines) is 1. The first-order chi connectivity index (χ1) is 20.9. The quantitative estimate of drug-likeness (QED) is 0.469. The van der Waals surface area contributed by atoms with Crippen LogP contribution in [-0.2, 0) is 11.3 Å². The largest absolute Gasteiger partial charge is 0.493 e. The third-order valence-electron chi connectivity index (χ3n) is 7.67. The number of carbonyl (C=O) groups is 3. The maximum Gasteiger partial charge on any atom is 0.258 e. The number of hydrogen-bond donors (Lipinski definition) is 2. The Labute approximate surface area is 248 Å². The molecule has 4 aliphatic rings. The van der Waals surface area contributed by atoms with Crippen molar-refractivity contribution >= 4 is 17.7 Å². The van der Waals surface area contributed by atoms with Gasteiger partial charge in [-0.15, -0.1) is 0 Å². The number of nitrogens with one attached hydrogen (secondary N) is 2. The Morgan fingerprint density at radius 2 is 1.86 bits per heavy atom. The van der Waals surface area contributed by atoms with Crippen LogP contribution < -0.4 is 29.6 Å². The van der Waals surface area contributed by atoms with Gasteiger partial charge in [-0.05, 0) is 60.7 Å². The second-order valence-electron chi connectivity index (χ2n) is 10.9. The molecule has 1 saturated carbocycles. The fourth-order valence-corrected chi connectivity index (χ4v) is 5.13. The lowest BCUT2D eigenvalue weighted by Gasteiger charge is -2.21. The minimum atomic E-state index is -0.642. The van der Waals surface area contributed by atoms with Crippen LogP contribution in [0.2, 0.25) is 0 Å². The standard InChI is InChI=1S/C32H32FN3O7/c1-40-30-25(3-2-4-26(30)33)32(39)36-15-27-28(16-36)43-22-9-7-19(8-10-22)14-34-29(37)18-42-24-12-21(31(38)35-27)11-23(13-24)41-17-20-5-6-20/h2-4,7-13,20,27-28H,5-6,14-18H2,1H3,(H,34,37)(H,35,38)/t27-,28-/m0/s1. The van der Waals surface area contributed by atoms with E-state index in [-0.39, 0.29) is 42.5 Å². The number of fused-ring (bicyclic) bond motifs is 7. The molecule has 4 bridgehead atoms. The van der Waals surface area contributed by atoms with E-state index in [4.69, 9.17) is 18.9 Å². The van der Waals surface area contributed by atoms with E-state index in [1.54, 1.807) is 30.3 Å². The molecule has 11 heteroatoms. The molecule has 0 spiro atoms. The number of rotatable bonds is 5. The van der Waals surface area contributed by atoms with Crippen molar-refractivity contribution < 1.29 is 37.7 Å². The Morgan fingerprint density at radius 3 is 2.63 bits per heavy atom. The van der Waals surface area contributed by atoms with E-state index in [9.17, 15) is 18.8 Å². The summed E-state index contributed by atoms with van der Waals surface area (Å²) in [6, 6.07) is 15.6. The third kappa shape index (κ3) is 6.66. The summed E-state index contributed by atoms with van der Waals surface area (Å²) in [5, 5.41) is 5.83. The summed E-state index contributed by atoms with van der Waals surface area (Å²) in [4.78, 5) is 41.1. The number of para-hydroxylation sites is 1. The van der Waals surface area contributed by atoms with Crippen LogP contribution in [0.25, 0.3) is 0 Å². The van der Waals surface area contributed by atoms with E-state index in [0.29, 0.717) is 36.3 Å². The van der Waals surface area contributed by atoms with Crippen LogP contribution in [0, 0.1) is 11.7 Å². The van der Waals surface area contributed by atoms with Gasteiger partial charge in [0.1, 0.15) is 23.4 Å². The second kappa shape index (κ2) is 12.2. The number of amides is 3. The van der Waals surface area contributed by atoms with Crippen molar-refractivity contribution in [1.29, 1.82) is 0 Å². The van der Waals surface area contributed by atoms with E-state index in [1.807, 2.05) is 12.1 Å². The summed E-state index contributed by atoms with van der Waals surface area (Å²) >= 11 is 0. The van der Waals surface area contributed by atoms with Crippen molar-refractivity contribution in [2.24, 2.45) is 5.92 Å². The lowest BCUT2D eigenvalue weighted by molar-refractivity contribution is -0.123. The predicted molar refractivity (Wildman–Crippen MR) is 153 cm³/mol. The fourth-order valence-electron chi connectivity index (χ4n) is 5.13. The van der Waals surface area contributed by atoms with Gasteiger partial charge in [-0.1, -0.05) is 18.2 Å². The summed E-state index contributed by atoms with van der Waals surface area (Å²) in [6.45, 7) is 0.843. The zero-order chi connectivity index (χ0) is 29.9. The van der Waals surface area contributed by atoms with Crippen LogP contribution in [0.5, 0.6) is 23.0 Å². The Hall–Kier alpha value is -4.80. The normalized spacial score (nSPS) is 20.2. The first kappa shape index (κ1) is 28.3. The molecule has 1 aliphatic carbocycles. The van der Waals surface area contributed by atoms with Crippen molar-refractivity contribution in [3.8, 4) is 23.0 Å². The molecule has 2 fully saturated rings. The second-order valence-corrected chi connectivity index (χ2v) is 10.9. The van der Waals surface area contributed by atoms with Gasteiger partial charge in [0.15, 0.2) is 18.2 Å². The summed E-state index contributed by atoms with van der Waals surface area (Å²) in [6.07, 6.45) is 1.59. The van der Waals surface area contributed by atoms with Gasteiger partial charge in [0.2, 0.25) is 0 Å². The van der Waals surface area contributed by atoms with Gasteiger partial charge in [0.25, 0.3) is 17.7 Å². The highest BCUT2D eigenvalue weighted by Gasteiger charge is 2.39. The first-order valence-electron chi connectivity index (χ1n) is 14.2. The average Bonchev–Trinajstić information content (AvgIpc) is 3.77. The van der Waals surface area contributed by atoms with E-state index in [1.165, 1.54) is 30.2 Å². The number of hydrogen-bond acceptors (Lipinski definition) is 7. The van der Waals surface area contributed by atoms with Crippen LogP contribution in [-0.4, -0.2) is 68.2 Å². The van der Waals surface area contributed by atoms with Crippen molar-refractivity contribution in [3.63, 3.8) is 0 Å². The molecule has 0 radical (unpaired) electrons. The molecule has 2 N–H and O–H groups in total. The van der Waals surface area contributed by atoms with Crippen molar-refractivity contribution in [2.45, 2.75) is 31.5 Å².